The van der Waals surface area contributed by atoms with Crippen molar-refractivity contribution in [3.05, 3.63) is 74.9 Å². The van der Waals surface area contributed by atoms with E-state index in [9.17, 15) is 14.0 Å². The van der Waals surface area contributed by atoms with Crippen molar-refractivity contribution < 1.29 is 14.0 Å². The Morgan fingerprint density at radius 2 is 1.94 bits per heavy atom. The Morgan fingerprint density at radius 3 is 2.66 bits per heavy atom. The lowest BCUT2D eigenvalue weighted by atomic mass is 9.97. The Morgan fingerprint density at radius 1 is 1.19 bits per heavy atom. The molecule has 0 saturated carbocycles. The number of aromatic nitrogens is 1. The van der Waals surface area contributed by atoms with Gasteiger partial charge in [-0.25, -0.2) is 9.37 Å². The molecule has 9 heteroatoms. The van der Waals surface area contributed by atoms with E-state index < -0.39 is 11.7 Å². The molecule has 0 atom stereocenters. The molecule has 0 spiro atoms. The van der Waals surface area contributed by atoms with Crippen LogP contribution in [0.5, 0.6) is 0 Å². The molecule has 32 heavy (non-hydrogen) atoms. The van der Waals surface area contributed by atoms with Crippen LogP contribution in [0.3, 0.4) is 0 Å². The molecule has 2 heterocycles. The number of halogens is 2. The molecular weight excluding hydrogens is 469 g/mol. The van der Waals surface area contributed by atoms with E-state index in [0.29, 0.717) is 31.6 Å². The quantitative estimate of drug-likeness (QED) is 0.451. The van der Waals surface area contributed by atoms with Crippen molar-refractivity contribution >= 4 is 52.2 Å². The van der Waals surface area contributed by atoms with Crippen molar-refractivity contribution in [3.8, 4) is 0 Å². The van der Waals surface area contributed by atoms with E-state index in [4.69, 9.17) is 11.6 Å². The highest BCUT2D eigenvalue weighted by Gasteiger charge is 2.29. The molecule has 2 aromatic carbocycles. The predicted octanol–water partition coefficient (Wildman–Crippen LogP) is 5.93. The van der Waals surface area contributed by atoms with Crippen LogP contribution in [0.1, 0.15) is 44.6 Å². The maximum Gasteiger partial charge on any atom is 0.275 e. The van der Waals surface area contributed by atoms with E-state index in [2.05, 4.69) is 10.3 Å². The largest absolute Gasteiger partial charge is 0.338 e. The summed E-state index contributed by atoms with van der Waals surface area (Å²) in [6, 6.07) is 11.9. The predicted molar refractivity (Wildman–Crippen MR) is 128 cm³/mol. The molecular formula is C23H21ClFN3O2S2. The topological polar surface area (TPSA) is 62.3 Å². The van der Waals surface area contributed by atoms with Crippen molar-refractivity contribution in [2.24, 2.45) is 0 Å². The van der Waals surface area contributed by atoms with Crippen molar-refractivity contribution in [3.63, 3.8) is 0 Å². The van der Waals surface area contributed by atoms with Gasteiger partial charge in [0.2, 0.25) is 0 Å². The number of benzene rings is 2. The summed E-state index contributed by atoms with van der Waals surface area (Å²) in [5.41, 5.74) is 1.07. The first-order chi connectivity index (χ1) is 15.5. The molecule has 2 amide bonds. The van der Waals surface area contributed by atoms with Gasteiger partial charge in [0.25, 0.3) is 11.8 Å². The Kier molecular flexibility index (Phi) is 7.13. The number of anilines is 1. The lowest BCUT2D eigenvalue weighted by Gasteiger charge is -2.31. The minimum atomic E-state index is -0.608. The number of hydrogen-bond acceptors (Lipinski definition) is 5. The number of likely N-dealkylation sites (tertiary alicyclic amines) is 1. The minimum Gasteiger partial charge on any atom is -0.338 e. The average Bonchev–Trinajstić information content (AvgIpc) is 3.30. The highest BCUT2D eigenvalue weighted by atomic mass is 35.5. The Balaban J connectivity index is 1.39. The number of thiazole rings is 1. The number of nitrogens with one attached hydrogen (secondary N) is 1. The molecule has 1 N–H and O–H groups in total. The van der Waals surface area contributed by atoms with Gasteiger partial charge in [-0.15, -0.1) is 23.1 Å². The number of piperidine rings is 1. The van der Waals surface area contributed by atoms with Crippen LogP contribution < -0.4 is 5.32 Å². The molecule has 1 saturated heterocycles. The van der Waals surface area contributed by atoms with Crippen LogP contribution in [-0.2, 0) is 0 Å². The summed E-state index contributed by atoms with van der Waals surface area (Å²) in [6.07, 6.45) is 3.35. The van der Waals surface area contributed by atoms with Crippen LogP contribution in [0.25, 0.3) is 0 Å². The number of hydrogen-bond donors (Lipinski definition) is 1. The smallest absolute Gasteiger partial charge is 0.275 e. The summed E-state index contributed by atoms with van der Waals surface area (Å²) in [5, 5.41) is 5.70. The van der Waals surface area contributed by atoms with E-state index in [0.717, 1.165) is 15.6 Å². The lowest BCUT2D eigenvalue weighted by molar-refractivity contribution is 0.0708. The summed E-state index contributed by atoms with van der Waals surface area (Å²) in [4.78, 5) is 32.6. The molecule has 1 aromatic heterocycles. The maximum atomic E-state index is 14.1. The highest BCUT2D eigenvalue weighted by Crippen LogP contribution is 2.32. The van der Waals surface area contributed by atoms with Gasteiger partial charge in [-0.2, -0.15) is 0 Å². The average molecular weight is 490 g/mol. The van der Waals surface area contributed by atoms with Gasteiger partial charge in [0.15, 0.2) is 0 Å². The van der Waals surface area contributed by atoms with E-state index >= 15 is 0 Å². The first kappa shape index (κ1) is 22.8. The fourth-order valence-electron chi connectivity index (χ4n) is 3.70. The molecule has 3 aromatic rings. The third kappa shape index (κ3) is 4.82. The number of para-hydroxylation sites is 1. The zero-order valence-electron chi connectivity index (χ0n) is 17.3. The van der Waals surface area contributed by atoms with Crippen LogP contribution in [0.2, 0.25) is 5.02 Å². The zero-order chi connectivity index (χ0) is 22.7. The normalized spacial score (nSPS) is 14.4. The summed E-state index contributed by atoms with van der Waals surface area (Å²) < 4.78 is 14.1. The second-order valence-corrected chi connectivity index (χ2v) is 9.53. The van der Waals surface area contributed by atoms with Gasteiger partial charge < -0.3 is 10.2 Å². The van der Waals surface area contributed by atoms with Gasteiger partial charge in [-0.1, -0.05) is 29.8 Å². The number of amides is 2. The Labute approximate surface area is 199 Å². The third-order valence-electron chi connectivity index (χ3n) is 5.42. The van der Waals surface area contributed by atoms with Gasteiger partial charge in [0.1, 0.15) is 11.5 Å². The highest BCUT2D eigenvalue weighted by molar-refractivity contribution is 7.98. The summed E-state index contributed by atoms with van der Waals surface area (Å²) in [5.74, 6) is -1.09. The summed E-state index contributed by atoms with van der Waals surface area (Å²) in [6.45, 7) is 0.965. The molecule has 0 bridgehead atoms. The molecule has 0 radical (unpaired) electrons. The first-order valence-corrected chi connectivity index (χ1v) is 12.6. The third-order valence-corrected chi connectivity index (χ3v) is 7.54. The van der Waals surface area contributed by atoms with Crippen molar-refractivity contribution in [2.45, 2.75) is 23.7 Å². The van der Waals surface area contributed by atoms with Crippen LogP contribution in [-0.4, -0.2) is 41.0 Å². The molecule has 166 valence electrons. The van der Waals surface area contributed by atoms with Crippen molar-refractivity contribution in [1.82, 2.24) is 9.88 Å². The maximum absolute atomic E-state index is 14.1. The number of carbonyl (C=O) groups excluding carboxylic acids is 2. The standard InChI is InChI=1S/C23H21ClFN3O2S2/c1-31-19-8-3-2-7-17(19)26-21(29)18-13-32-22(27-18)14-9-11-28(12-10-14)23(30)20-15(24)5-4-6-16(20)25/h2-8,13-14H,9-12H2,1H3,(H,26,29). The van der Waals surface area contributed by atoms with E-state index in [1.807, 2.05) is 30.5 Å². The van der Waals surface area contributed by atoms with Gasteiger partial charge in [-0.3, -0.25) is 9.59 Å². The van der Waals surface area contributed by atoms with Gasteiger partial charge in [0, 0.05) is 29.3 Å². The molecule has 4 rings (SSSR count). The van der Waals surface area contributed by atoms with Crippen LogP contribution in [0.4, 0.5) is 10.1 Å². The summed E-state index contributed by atoms with van der Waals surface area (Å²) >= 11 is 9.06. The van der Waals surface area contributed by atoms with Crippen molar-refractivity contribution in [1.29, 1.82) is 0 Å². The van der Waals surface area contributed by atoms with E-state index in [1.165, 1.54) is 29.5 Å². The van der Waals surface area contributed by atoms with E-state index in [1.54, 1.807) is 22.0 Å². The molecule has 5 nitrogen and oxygen atoms in total. The second kappa shape index (κ2) is 10.0. The molecule has 1 aliphatic heterocycles. The second-order valence-electron chi connectivity index (χ2n) is 7.39. The molecule has 1 fully saturated rings. The SMILES string of the molecule is CSc1ccccc1NC(=O)c1csc(C2CCN(C(=O)c3c(F)cccc3Cl)CC2)n1. The monoisotopic (exact) mass is 489 g/mol. The fraction of sp³-hybridized carbons (Fsp3) is 0.261. The Hall–Kier alpha value is -2.42. The Bertz CT molecular complexity index is 1130. The van der Waals surface area contributed by atoms with Crippen molar-refractivity contribution in [2.75, 3.05) is 24.7 Å². The van der Waals surface area contributed by atoms with Crippen LogP contribution >= 0.6 is 34.7 Å². The molecule has 1 aliphatic rings. The van der Waals surface area contributed by atoms with Gasteiger partial charge >= 0.3 is 0 Å². The van der Waals surface area contributed by atoms with Gasteiger partial charge in [0.05, 0.1) is 21.3 Å². The zero-order valence-corrected chi connectivity index (χ0v) is 19.7. The van der Waals surface area contributed by atoms with Crippen LogP contribution in [0.15, 0.2) is 52.7 Å². The van der Waals surface area contributed by atoms with Crippen LogP contribution in [0, 0.1) is 5.82 Å². The number of rotatable bonds is 5. The lowest BCUT2D eigenvalue weighted by Crippen LogP contribution is -2.38. The minimum absolute atomic E-state index is 0.0775. The number of carbonyl (C=O) groups is 2. The molecule has 0 unspecified atom stereocenters. The summed E-state index contributed by atoms with van der Waals surface area (Å²) in [7, 11) is 0. The first-order valence-electron chi connectivity index (χ1n) is 10.1. The number of nitrogens with zero attached hydrogens (tertiary/aromatic N) is 2. The number of thioether (sulfide) groups is 1. The molecule has 0 aliphatic carbocycles. The van der Waals surface area contributed by atoms with Gasteiger partial charge in [-0.05, 0) is 43.4 Å². The van der Waals surface area contributed by atoms with E-state index in [-0.39, 0.29) is 22.4 Å². The fourth-order valence-corrected chi connectivity index (χ4v) is 5.47.